The second-order valence-electron chi connectivity index (χ2n) is 6.33. The molecule has 158 valence electrons. The van der Waals surface area contributed by atoms with Crippen LogP contribution in [0.2, 0.25) is 0 Å². The summed E-state index contributed by atoms with van der Waals surface area (Å²) in [5.74, 6) is 1.33. The number of nitrogens with zero attached hydrogens (tertiary/aromatic N) is 2. The Balaban J connectivity index is 2.02. The molecule has 0 heterocycles. The van der Waals surface area contributed by atoms with E-state index in [2.05, 4.69) is 5.29 Å². The first kappa shape index (κ1) is 22.4. The van der Waals surface area contributed by atoms with Gasteiger partial charge in [0.05, 0.1) is 32.1 Å². The average Bonchev–Trinajstić information content (AvgIpc) is 2.70. The lowest BCUT2D eigenvalue weighted by Crippen LogP contribution is -2.33. The number of hydrogen-bond acceptors (Lipinski definition) is 7. The molecule has 0 radical (unpaired) electrons. The minimum Gasteiger partial charge on any atom is -0.495 e. The fraction of sp³-hybridized carbons (Fsp3) is 0.368. The Bertz CT molecular complexity index is 935. The zero-order valence-corrected chi connectivity index (χ0v) is 17.4. The summed E-state index contributed by atoms with van der Waals surface area (Å²) in [5.41, 5.74) is 0.682. The van der Waals surface area contributed by atoms with Gasteiger partial charge in [-0.1, -0.05) is 18.2 Å². The Morgan fingerprint density at radius 3 is 2.31 bits per heavy atom. The summed E-state index contributed by atoms with van der Waals surface area (Å²) < 4.78 is 39.5. The molecule has 0 aliphatic carbocycles. The van der Waals surface area contributed by atoms with E-state index in [1.807, 2.05) is 19.1 Å². The Morgan fingerprint density at radius 1 is 1.07 bits per heavy atom. The highest BCUT2D eigenvalue weighted by atomic mass is 32.2. The van der Waals surface area contributed by atoms with Crippen LogP contribution in [0.4, 0.5) is 0 Å². The van der Waals surface area contributed by atoms with Crippen molar-refractivity contribution >= 4 is 10.0 Å². The van der Waals surface area contributed by atoms with Gasteiger partial charge in [0.2, 0.25) is 10.0 Å². The first-order chi connectivity index (χ1) is 13.8. The molecule has 2 N–H and O–H groups in total. The normalized spacial score (nSPS) is 12.1. The molecule has 10 heteroatoms. The number of nitrogens with two attached hydrogens (primary N) is 1. The van der Waals surface area contributed by atoms with Crippen LogP contribution in [0.3, 0.4) is 0 Å². The van der Waals surface area contributed by atoms with Crippen molar-refractivity contribution in [2.45, 2.75) is 24.3 Å². The number of ether oxygens (including phenoxy) is 3. The summed E-state index contributed by atoms with van der Waals surface area (Å²) in [5, 5.41) is 9.66. The summed E-state index contributed by atoms with van der Waals surface area (Å²) >= 11 is 0. The second-order valence-corrected chi connectivity index (χ2v) is 7.86. The molecule has 0 fully saturated rings. The van der Waals surface area contributed by atoms with Crippen LogP contribution in [0.15, 0.2) is 52.6 Å². The molecule has 0 aliphatic rings. The predicted octanol–water partition coefficient (Wildman–Crippen LogP) is 2.34. The average molecular weight is 423 g/mol. The van der Waals surface area contributed by atoms with E-state index in [0.29, 0.717) is 23.5 Å². The van der Waals surface area contributed by atoms with E-state index in [0.717, 1.165) is 0 Å². The van der Waals surface area contributed by atoms with Gasteiger partial charge in [0.15, 0.2) is 11.5 Å². The number of hydrogen-bond donors (Lipinski definition) is 1. The van der Waals surface area contributed by atoms with Gasteiger partial charge >= 0.3 is 0 Å². The molecule has 9 nitrogen and oxygen atoms in total. The van der Waals surface area contributed by atoms with Crippen molar-refractivity contribution in [2.75, 3.05) is 27.4 Å². The molecule has 29 heavy (non-hydrogen) atoms. The summed E-state index contributed by atoms with van der Waals surface area (Å²) in [7, 11) is -1.02. The van der Waals surface area contributed by atoms with Gasteiger partial charge in [-0.2, -0.15) is 0 Å². The van der Waals surface area contributed by atoms with Gasteiger partial charge in [-0.3, -0.25) is 5.01 Å². The zero-order chi connectivity index (χ0) is 21.4. The number of nitroso groups, excluding NO2 is 1. The van der Waals surface area contributed by atoms with Gasteiger partial charge in [-0.05, 0) is 43.2 Å². The lowest BCUT2D eigenvalue weighted by atomic mass is 10.1. The first-order valence-corrected chi connectivity index (χ1v) is 10.4. The topological polar surface area (TPSA) is 121 Å². The first-order valence-electron chi connectivity index (χ1n) is 8.85. The molecule has 0 saturated carbocycles. The van der Waals surface area contributed by atoms with Crippen LogP contribution in [-0.4, -0.2) is 46.8 Å². The van der Waals surface area contributed by atoms with E-state index < -0.39 is 10.0 Å². The Hall–Kier alpha value is -2.85. The molecule has 2 aromatic carbocycles. The van der Waals surface area contributed by atoms with Gasteiger partial charge in [-0.15, -0.1) is 4.91 Å². The van der Waals surface area contributed by atoms with Gasteiger partial charge in [0.1, 0.15) is 17.3 Å². The number of sulfonamides is 1. The van der Waals surface area contributed by atoms with Crippen LogP contribution >= 0.6 is 0 Å². The third kappa shape index (κ3) is 6.06. The van der Waals surface area contributed by atoms with Crippen LogP contribution in [0.25, 0.3) is 0 Å². The smallest absolute Gasteiger partial charge is 0.241 e. The molecule has 0 bridgehead atoms. The van der Waals surface area contributed by atoms with Crippen LogP contribution < -0.4 is 19.3 Å². The van der Waals surface area contributed by atoms with E-state index in [1.54, 1.807) is 25.3 Å². The third-order valence-electron chi connectivity index (χ3n) is 4.33. The SMILES string of the molecule is COc1ccccc1OCCN(N=O)[C@H](C)Cc1ccc(OC)c(S(N)(=O)=O)c1. The summed E-state index contributed by atoms with van der Waals surface area (Å²) in [4.78, 5) is 11.2. The van der Waals surface area contributed by atoms with Crippen molar-refractivity contribution in [3.05, 3.63) is 52.9 Å². The molecule has 0 aliphatic heterocycles. The monoisotopic (exact) mass is 423 g/mol. The largest absolute Gasteiger partial charge is 0.495 e. The van der Waals surface area contributed by atoms with Crippen molar-refractivity contribution in [1.29, 1.82) is 0 Å². The minimum absolute atomic E-state index is 0.102. The highest BCUT2D eigenvalue weighted by Crippen LogP contribution is 2.26. The lowest BCUT2D eigenvalue weighted by Gasteiger charge is -2.23. The fourth-order valence-electron chi connectivity index (χ4n) is 2.85. The van der Waals surface area contributed by atoms with E-state index in [4.69, 9.17) is 19.3 Å². The van der Waals surface area contributed by atoms with E-state index >= 15 is 0 Å². The number of methoxy groups -OCH3 is 2. The van der Waals surface area contributed by atoms with Crippen LogP contribution in [0.1, 0.15) is 12.5 Å². The number of primary sulfonamides is 1. The zero-order valence-electron chi connectivity index (χ0n) is 16.6. The Morgan fingerprint density at radius 2 is 1.72 bits per heavy atom. The molecule has 2 aromatic rings. The maximum absolute atomic E-state index is 11.8. The summed E-state index contributed by atoms with van der Waals surface area (Å²) in [6.45, 7) is 2.29. The third-order valence-corrected chi connectivity index (χ3v) is 5.26. The van der Waals surface area contributed by atoms with Crippen molar-refractivity contribution < 1.29 is 22.6 Å². The van der Waals surface area contributed by atoms with Crippen LogP contribution in [0.5, 0.6) is 17.2 Å². The Labute approximate surface area is 170 Å². The lowest BCUT2D eigenvalue weighted by molar-refractivity contribution is 0.167. The highest BCUT2D eigenvalue weighted by Gasteiger charge is 2.19. The van der Waals surface area contributed by atoms with Crippen molar-refractivity contribution in [2.24, 2.45) is 10.4 Å². The molecule has 0 unspecified atom stereocenters. The molecule has 0 aromatic heterocycles. The molecule has 0 amide bonds. The molecule has 0 saturated heterocycles. The number of rotatable bonds is 11. The molecular formula is C19H25N3O6S. The summed E-state index contributed by atoms with van der Waals surface area (Å²) in [6, 6.07) is 11.6. The molecule has 0 spiro atoms. The predicted molar refractivity (Wildman–Crippen MR) is 109 cm³/mol. The van der Waals surface area contributed by atoms with Crippen LogP contribution in [-0.2, 0) is 16.4 Å². The van der Waals surface area contributed by atoms with E-state index in [-0.39, 0.29) is 29.8 Å². The van der Waals surface area contributed by atoms with Crippen molar-refractivity contribution in [3.8, 4) is 17.2 Å². The van der Waals surface area contributed by atoms with E-state index in [9.17, 15) is 13.3 Å². The van der Waals surface area contributed by atoms with Gasteiger partial charge in [-0.25, -0.2) is 13.6 Å². The number of para-hydroxylation sites is 2. The quantitative estimate of drug-likeness (QED) is 0.435. The number of benzene rings is 2. The molecular weight excluding hydrogens is 398 g/mol. The maximum Gasteiger partial charge on any atom is 0.241 e. The molecule has 1 atom stereocenters. The second kappa shape index (κ2) is 10.1. The minimum atomic E-state index is -3.94. The molecule has 2 rings (SSSR count). The Kier molecular flexibility index (Phi) is 7.80. The van der Waals surface area contributed by atoms with Gasteiger partial charge in [0, 0.05) is 0 Å². The maximum atomic E-state index is 11.8. The van der Waals surface area contributed by atoms with E-state index in [1.165, 1.54) is 24.3 Å². The van der Waals surface area contributed by atoms with Gasteiger partial charge < -0.3 is 14.2 Å². The van der Waals surface area contributed by atoms with Gasteiger partial charge in [0.25, 0.3) is 0 Å². The summed E-state index contributed by atoms with van der Waals surface area (Å²) in [6.07, 6.45) is 0.382. The standard InChI is InChI=1S/C19H25N3O6S/c1-14(12-15-8-9-18(27-3)19(13-15)29(20,24)25)22(21-23)10-11-28-17-7-5-4-6-16(17)26-2/h4-9,13-14H,10-12H2,1-3H3,(H2,20,24,25)/t14-/m1/s1. The fourth-order valence-corrected chi connectivity index (χ4v) is 3.59. The highest BCUT2D eigenvalue weighted by molar-refractivity contribution is 7.89. The van der Waals surface area contributed by atoms with Crippen molar-refractivity contribution in [3.63, 3.8) is 0 Å². The van der Waals surface area contributed by atoms with Crippen LogP contribution in [0, 0.1) is 4.91 Å². The van der Waals surface area contributed by atoms with Crippen molar-refractivity contribution in [1.82, 2.24) is 5.01 Å².